The van der Waals surface area contributed by atoms with Crippen LogP contribution in [0.4, 0.5) is 0 Å². The van der Waals surface area contributed by atoms with E-state index in [1.165, 1.54) is 17.7 Å². The van der Waals surface area contributed by atoms with Gasteiger partial charge in [0, 0.05) is 38.3 Å². The first-order valence-electron chi connectivity index (χ1n) is 10.8. The molecule has 0 radical (unpaired) electrons. The van der Waals surface area contributed by atoms with Gasteiger partial charge in [0.1, 0.15) is 0 Å². The second-order valence-electron chi connectivity index (χ2n) is 8.97. The molecule has 1 saturated carbocycles. The molecule has 0 spiro atoms. The Kier molecular flexibility index (Phi) is 5.91. The minimum absolute atomic E-state index is 0. The van der Waals surface area contributed by atoms with Gasteiger partial charge in [0.2, 0.25) is 0 Å². The highest BCUT2D eigenvalue weighted by Crippen LogP contribution is 2.60. The van der Waals surface area contributed by atoms with E-state index in [4.69, 9.17) is 5.10 Å². The van der Waals surface area contributed by atoms with Crippen molar-refractivity contribution in [3.05, 3.63) is 52.8 Å². The first-order chi connectivity index (χ1) is 13.6. The minimum atomic E-state index is 0. The SMILES string of the molecule is CN=C(NCC1C2Cc3ccccc3C12)NC1CCc2cn(C(C)C)nc2C1.I. The summed E-state index contributed by atoms with van der Waals surface area (Å²) in [5.74, 6) is 3.29. The topological polar surface area (TPSA) is 54.2 Å². The highest BCUT2D eigenvalue weighted by atomic mass is 127. The standard InChI is InChI=1S/C23H31N5.HI/c1-14(2)28-13-16-8-9-17(11-21(16)27-28)26-23(24-3)25-12-20-19-10-15-6-4-5-7-18(15)22(19)20;/h4-7,13-14,17,19-20,22H,8-12H2,1-3H3,(H2,24,25,26);1H. The molecule has 1 fully saturated rings. The van der Waals surface area contributed by atoms with Crippen LogP contribution in [0.15, 0.2) is 35.5 Å². The molecule has 4 atom stereocenters. The van der Waals surface area contributed by atoms with Crippen LogP contribution in [-0.4, -0.2) is 35.4 Å². The Labute approximate surface area is 190 Å². The molecular formula is C23H32IN5. The van der Waals surface area contributed by atoms with Crippen molar-refractivity contribution in [2.45, 2.75) is 57.5 Å². The number of aryl methyl sites for hydroxylation is 1. The van der Waals surface area contributed by atoms with E-state index in [1.54, 1.807) is 11.1 Å². The van der Waals surface area contributed by atoms with Gasteiger partial charge in [-0.1, -0.05) is 24.3 Å². The molecule has 3 aliphatic carbocycles. The summed E-state index contributed by atoms with van der Waals surface area (Å²) in [7, 11) is 1.88. The van der Waals surface area contributed by atoms with E-state index >= 15 is 0 Å². The number of fused-ring (bicyclic) bond motifs is 4. The Morgan fingerprint density at radius 3 is 2.86 bits per heavy atom. The number of nitrogens with one attached hydrogen (secondary N) is 2. The molecule has 2 N–H and O–H groups in total. The number of aromatic nitrogens is 2. The molecule has 0 amide bonds. The molecule has 4 unspecified atom stereocenters. The van der Waals surface area contributed by atoms with E-state index in [0.717, 1.165) is 49.5 Å². The first kappa shape index (κ1) is 20.7. The number of hydrogen-bond donors (Lipinski definition) is 2. The fourth-order valence-electron chi connectivity index (χ4n) is 5.27. The van der Waals surface area contributed by atoms with Gasteiger partial charge < -0.3 is 10.6 Å². The lowest BCUT2D eigenvalue weighted by Crippen LogP contribution is -2.46. The van der Waals surface area contributed by atoms with Gasteiger partial charge in [-0.2, -0.15) is 5.10 Å². The number of halogens is 1. The molecule has 0 bridgehead atoms. The third-order valence-corrected chi connectivity index (χ3v) is 6.90. The molecule has 1 heterocycles. The molecular weight excluding hydrogens is 473 g/mol. The second kappa shape index (κ2) is 8.28. The summed E-state index contributed by atoms with van der Waals surface area (Å²) in [5.41, 5.74) is 5.82. The first-order valence-corrected chi connectivity index (χ1v) is 10.8. The van der Waals surface area contributed by atoms with Gasteiger partial charge in [-0.15, -0.1) is 24.0 Å². The molecule has 0 saturated heterocycles. The van der Waals surface area contributed by atoms with E-state index in [9.17, 15) is 0 Å². The zero-order valence-electron chi connectivity index (χ0n) is 17.6. The van der Waals surface area contributed by atoms with Crippen LogP contribution in [0, 0.1) is 11.8 Å². The summed E-state index contributed by atoms with van der Waals surface area (Å²) in [4.78, 5) is 4.48. The van der Waals surface area contributed by atoms with E-state index in [2.05, 4.69) is 64.6 Å². The lowest BCUT2D eigenvalue weighted by molar-refractivity contribution is 0.498. The minimum Gasteiger partial charge on any atom is -0.356 e. The summed E-state index contributed by atoms with van der Waals surface area (Å²) in [6.45, 7) is 5.39. The fraction of sp³-hybridized carbons (Fsp3) is 0.565. The number of hydrogen-bond acceptors (Lipinski definition) is 2. The Bertz CT molecular complexity index is 902. The van der Waals surface area contributed by atoms with Crippen LogP contribution in [0.25, 0.3) is 0 Å². The van der Waals surface area contributed by atoms with Crippen molar-refractivity contribution in [3.63, 3.8) is 0 Å². The third-order valence-electron chi connectivity index (χ3n) is 6.90. The van der Waals surface area contributed by atoms with Crippen LogP contribution in [-0.2, 0) is 19.3 Å². The number of aliphatic imine (C=N–C) groups is 1. The number of benzene rings is 1. The molecule has 1 aromatic carbocycles. The largest absolute Gasteiger partial charge is 0.356 e. The smallest absolute Gasteiger partial charge is 0.191 e. The number of guanidine groups is 1. The molecule has 1 aromatic heterocycles. The van der Waals surface area contributed by atoms with Gasteiger partial charge in [-0.05, 0) is 67.6 Å². The van der Waals surface area contributed by atoms with Crippen LogP contribution >= 0.6 is 24.0 Å². The lowest BCUT2D eigenvalue weighted by atomic mass is 9.94. The number of nitrogens with zero attached hydrogens (tertiary/aromatic N) is 3. The fourth-order valence-corrected chi connectivity index (χ4v) is 5.27. The molecule has 2 aromatic rings. The summed E-state index contributed by atoms with van der Waals surface area (Å²) < 4.78 is 2.10. The van der Waals surface area contributed by atoms with Crippen molar-refractivity contribution in [1.82, 2.24) is 20.4 Å². The van der Waals surface area contributed by atoms with Gasteiger partial charge in [-0.3, -0.25) is 9.67 Å². The van der Waals surface area contributed by atoms with Crippen molar-refractivity contribution < 1.29 is 0 Å². The van der Waals surface area contributed by atoms with Crippen molar-refractivity contribution in [2.24, 2.45) is 16.8 Å². The summed E-state index contributed by atoms with van der Waals surface area (Å²) in [6, 6.07) is 9.81. The maximum atomic E-state index is 4.79. The van der Waals surface area contributed by atoms with Crippen molar-refractivity contribution in [2.75, 3.05) is 13.6 Å². The molecule has 5 nitrogen and oxygen atoms in total. The van der Waals surface area contributed by atoms with Gasteiger partial charge >= 0.3 is 0 Å². The monoisotopic (exact) mass is 505 g/mol. The predicted octanol–water partition coefficient (Wildman–Crippen LogP) is 3.69. The Morgan fingerprint density at radius 2 is 2.07 bits per heavy atom. The Balaban J connectivity index is 0.00000205. The molecule has 156 valence electrons. The Hall–Kier alpha value is -1.57. The Morgan fingerprint density at radius 1 is 1.24 bits per heavy atom. The maximum absolute atomic E-state index is 4.79. The van der Waals surface area contributed by atoms with Crippen molar-refractivity contribution in [3.8, 4) is 0 Å². The van der Waals surface area contributed by atoms with Crippen LogP contribution in [0.2, 0.25) is 0 Å². The zero-order valence-corrected chi connectivity index (χ0v) is 19.9. The average molecular weight is 505 g/mol. The average Bonchev–Trinajstić information content (AvgIpc) is 3.04. The van der Waals surface area contributed by atoms with Crippen LogP contribution in [0.1, 0.15) is 54.6 Å². The normalized spacial score (nSPS) is 27.0. The van der Waals surface area contributed by atoms with Crippen LogP contribution < -0.4 is 10.6 Å². The molecule has 29 heavy (non-hydrogen) atoms. The lowest BCUT2D eigenvalue weighted by Gasteiger charge is -2.24. The van der Waals surface area contributed by atoms with E-state index in [0.29, 0.717) is 12.1 Å². The molecule has 0 aliphatic heterocycles. The van der Waals surface area contributed by atoms with E-state index in [1.807, 2.05) is 7.05 Å². The summed E-state index contributed by atoms with van der Waals surface area (Å²) in [6.07, 6.45) is 6.70. The highest BCUT2D eigenvalue weighted by molar-refractivity contribution is 14.0. The summed E-state index contributed by atoms with van der Waals surface area (Å²) in [5, 5.41) is 12.0. The third kappa shape index (κ3) is 3.92. The second-order valence-corrected chi connectivity index (χ2v) is 8.97. The zero-order chi connectivity index (χ0) is 19.3. The highest BCUT2D eigenvalue weighted by Gasteiger charge is 2.54. The van der Waals surface area contributed by atoms with Crippen LogP contribution in [0.5, 0.6) is 0 Å². The maximum Gasteiger partial charge on any atom is 0.191 e. The van der Waals surface area contributed by atoms with Crippen LogP contribution in [0.3, 0.4) is 0 Å². The quantitative estimate of drug-likeness (QED) is 0.379. The van der Waals surface area contributed by atoms with Gasteiger partial charge in [0.15, 0.2) is 5.96 Å². The summed E-state index contributed by atoms with van der Waals surface area (Å²) >= 11 is 0. The van der Waals surface area contributed by atoms with Gasteiger partial charge in [0.25, 0.3) is 0 Å². The van der Waals surface area contributed by atoms with E-state index < -0.39 is 0 Å². The molecule has 5 rings (SSSR count). The van der Waals surface area contributed by atoms with Gasteiger partial charge in [0.05, 0.1) is 5.69 Å². The molecule has 6 heteroatoms. The molecule has 3 aliphatic rings. The van der Waals surface area contributed by atoms with E-state index in [-0.39, 0.29) is 24.0 Å². The number of rotatable bonds is 4. The van der Waals surface area contributed by atoms with Gasteiger partial charge in [-0.25, -0.2) is 0 Å². The predicted molar refractivity (Wildman–Crippen MR) is 128 cm³/mol. The van der Waals surface area contributed by atoms with Crippen molar-refractivity contribution in [1.29, 1.82) is 0 Å². The van der Waals surface area contributed by atoms with Crippen molar-refractivity contribution >= 4 is 29.9 Å².